The van der Waals surface area contributed by atoms with E-state index >= 15 is 0 Å². The summed E-state index contributed by atoms with van der Waals surface area (Å²) in [6.45, 7) is 27.5. The molecular formula is C66H84O20Si2. The molecule has 88 heavy (non-hydrogen) atoms. The Balaban J connectivity index is 0.000000162. The van der Waals surface area contributed by atoms with Crippen molar-refractivity contribution < 1.29 is 95.2 Å². The molecule has 8 aliphatic heterocycles. The van der Waals surface area contributed by atoms with Crippen LogP contribution in [0.2, 0.25) is 20.2 Å². The maximum atomic E-state index is 13.9. The molecule has 5 unspecified atom stereocenters. The minimum absolute atomic E-state index is 0.0114. The van der Waals surface area contributed by atoms with Crippen molar-refractivity contribution in [1.29, 1.82) is 0 Å². The van der Waals surface area contributed by atoms with E-state index in [9.17, 15) is 39.6 Å². The number of rotatable bonds is 10. The van der Waals surface area contributed by atoms with Crippen LogP contribution < -0.4 is 27.2 Å². The molecule has 2 aliphatic carbocycles. The third-order valence-electron chi connectivity index (χ3n) is 20.8. The van der Waals surface area contributed by atoms with E-state index in [1.165, 1.54) is 0 Å². The van der Waals surface area contributed by atoms with Crippen molar-refractivity contribution in [2.75, 3.05) is 53.9 Å². The lowest BCUT2D eigenvalue weighted by molar-refractivity contribution is -0.240. The monoisotopic (exact) mass is 1250 g/mol. The zero-order chi connectivity index (χ0) is 63.6. The number of carbonyl (C=O) groups excluding carboxylic acids is 4. The molecule has 22 heteroatoms. The number of fused-ring (bicyclic) bond motifs is 10. The van der Waals surface area contributed by atoms with E-state index in [0.717, 1.165) is 45.9 Å². The Morgan fingerprint density at radius 1 is 0.500 bits per heavy atom. The third kappa shape index (κ3) is 7.71. The van der Waals surface area contributed by atoms with Gasteiger partial charge in [-0.05, 0) is 62.8 Å². The molecule has 10 aliphatic rings. The molecule has 2 spiro atoms. The van der Waals surface area contributed by atoms with Gasteiger partial charge >= 0.3 is 17.1 Å². The van der Waals surface area contributed by atoms with Crippen molar-refractivity contribution >= 4 is 61.8 Å². The average Bonchev–Trinajstić information content (AvgIpc) is 1.39. The molecule has 0 amide bonds. The van der Waals surface area contributed by atoms with Gasteiger partial charge in [-0.15, -0.1) is 0 Å². The SMILES string of the molecule is COc1c2c(c3c4c(c(C5O[C@]6(C(CO)CO)O[C@H]5C(=O)C65CO5)c(C)cc14)O[Si](C(C)(C)C)(C(C)(C)C)O3)C(=O)CCC2.COc1c2c(c3c4c(c([C@H]5OC6(C(CO)CO)OC5C(=O)C65CO5)c(C)cc14)O[Si](C(C)(C)C)(C(C)(C)C)O3)C(=O)CCC2. The largest absolute Gasteiger partial charge is 0.510 e. The van der Waals surface area contributed by atoms with Gasteiger partial charge in [0.15, 0.2) is 23.8 Å². The summed E-state index contributed by atoms with van der Waals surface area (Å²) in [5.41, 5.74) is 2.95. The molecule has 0 aromatic heterocycles. The molecule has 6 fully saturated rings. The summed E-state index contributed by atoms with van der Waals surface area (Å²) in [5, 5.41) is 41.9. The van der Waals surface area contributed by atoms with Crippen LogP contribution in [-0.4, -0.2) is 150 Å². The predicted molar refractivity (Wildman–Crippen MR) is 323 cm³/mol. The lowest BCUT2D eigenvalue weighted by Crippen LogP contribution is -2.63. The molecule has 4 N–H and O–H groups in total. The number of epoxide rings is 2. The van der Waals surface area contributed by atoms with E-state index in [1.54, 1.807) is 14.2 Å². The van der Waals surface area contributed by atoms with Gasteiger partial charge < -0.3 is 76.0 Å². The molecule has 6 saturated heterocycles. The summed E-state index contributed by atoms with van der Waals surface area (Å²) >= 11 is 0. The summed E-state index contributed by atoms with van der Waals surface area (Å²) in [5.74, 6) is -2.28. The predicted octanol–water partition coefficient (Wildman–Crippen LogP) is 9.19. The fourth-order valence-corrected chi connectivity index (χ4v) is 25.9. The maximum absolute atomic E-state index is 13.9. The van der Waals surface area contributed by atoms with Gasteiger partial charge in [0.05, 0.1) is 87.6 Å². The van der Waals surface area contributed by atoms with Gasteiger partial charge in [0, 0.05) is 66.0 Å². The van der Waals surface area contributed by atoms with Crippen LogP contribution in [0.1, 0.15) is 175 Å². The minimum atomic E-state index is -3.32. The molecular weight excluding hydrogens is 1170 g/mol. The Kier molecular flexibility index (Phi) is 13.8. The van der Waals surface area contributed by atoms with Crippen LogP contribution in [-0.2, 0) is 50.9 Å². The molecule has 14 rings (SSSR count). The quantitative estimate of drug-likeness (QED) is 0.0851. The first-order valence-corrected chi connectivity index (χ1v) is 34.6. The van der Waals surface area contributed by atoms with E-state index in [1.807, 2.05) is 26.0 Å². The Morgan fingerprint density at radius 3 is 1.09 bits per heavy atom. The van der Waals surface area contributed by atoms with E-state index in [4.69, 9.17) is 55.6 Å². The summed E-state index contributed by atoms with van der Waals surface area (Å²) in [6, 6.07) is 3.97. The van der Waals surface area contributed by atoms with Gasteiger partial charge in [-0.1, -0.05) is 83.1 Å². The zero-order valence-electron chi connectivity index (χ0n) is 53.4. The molecule has 20 nitrogen and oxygen atoms in total. The number of aliphatic hydroxyl groups is 4. The smallest absolute Gasteiger partial charge is 0.471 e. The lowest BCUT2D eigenvalue weighted by Gasteiger charge is -2.51. The van der Waals surface area contributed by atoms with Crippen molar-refractivity contribution in [3.8, 4) is 34.5 Å². The summed E-state index contributed by atoms with van der Waals surface area (Å²) in [6.07, 6.45) is -0.226. The Hall–Kier alpha value is -5.09. The zero-order valence-corrected chi connectivity index (χ0v) is 55.4. The van der Waals surface area contributed by atoms with E-state index in [0.29, 0.717) is 93.2 Å². The minimum Gasteiger partial charge on any atom is -0.510 e. The van der Waals surface area contributed by atoms with Gasteiger partial charge in [0.25, 0.3) is 0 Å². The number of ether oxygens (including phenoxy) is 8. The van der Waals surface area contributed by atoms with Crippen LogP contribution in [0.5, 0.6) is 34.5 Å². The summed E-state index contributed by atoms with van der Waals surface area (Å²) in [7, 11) is -3.42. The average molecular weight is 1250 g/mol. The number of aryl methyl sites for hydroxylation is 2. The highest BCUT2D eigenvalue weighted by Gasteiger charge is 2.85. The highest BCUT2D eigenvalue weighted by atomic mass is 28.4. The topological polar surface area (TPSA) is 267 Å². The molecule has 0 radical (unpaired) electrons. The number of hydrogen-bond donors (Lipinski definition) is 4. The number of carbonyl (C=O) groups is 4. The van der Waals surface area contributed by atoms with E-state index in [2.05, 4.69) is 83.1 Å². The Bertz CT molecular complexity index is 3430. The first-order valence-electron chi connectivity index (χ1n) is 31.0. The van der Waals surface area contributed by atoms with Gasteiger partial charge in [-0.3, -0.25) is 19.2 Å². The van der Waals surface area contributed by atoms with Gasteiger partial charge in [0.1, 0.15) is 46.7 Å². The Labute approximate surface area is 514 Å². The summed E-state index contributed by atoms with van der Waals surface area (Å²) in [4.78, 5) is 55.3. The second-order valence-electron chi connectivity index (χ2n) is 29.9. The molecule has 476 valence electrons. The third-order valence-corrected chi connectivity index (χ3v) is 30.6. The van der Waals surface area contributed by atoms with Crippen molar-refractivity contribution in [2.45, 2.75) is 203 Å². The van der Waals surface area contributed by atoms with Crippen LogP contribution in [0.25, 0.3) is 21.5 Å². The number of methoxy groups -OCH3 is 2. The van der Waals surface area contributed by atoms with Crippen LogP contribution in [0.15, 0.2) is 12.1 Å². The van der Waals surface area contributed by atoms with Crippen molar-refractivity contribution in [3.63, 3.8) is 0 Å². The van der Waals surface area contributed by atoms with Crippen molar-refractivity contribution in [1.82, 2.24) is 0 Å². The van der Waals surface area contributed by atoms with Crippen molar-refractivity contribution in [2.24, 2.45) is 11.8 Å². The standard InChI is InChI=1S/2C33H42O10Si/c2*1-16-12-19-23-25(21(16)27-28-29(37)32(15-39-32)33(40-27,41-28)17(13-34)14-35)42-44(30(2,3)4,31(5,6)7)43-26(23)22-18(24(19)38-8)10-9-11-20(22)36/h2*12,17,27-28,34-35H,9-11,13-15H2,1-8H3/t27?,28-,32?,33-;27-,28?,32?,33?/m11/s1. The maximum Gasteiger partial charge on any atom is 0.471 e. The van der Waals surface area contributed by atoms with Crippen LogP contribution in [0.4, 0.5) is 0 Å². The second-order valence-corrected chi connectivity index (χ2v) is 39.2. The first-order chi connectivity index (χ1) is 41.3. The van der Waals surface area contributed by atoms with Gasteiger partial charge in [-0.25, -0.2) is 0 Å². The number of ketones is 4. The first kappa shape index (κ1) is 61.8. The molecule has 8 atom stereocenters. The van der Waals surface area contributed by atoms with Gasteiger partial charge in [-0.2, -0.15) is 0 Å². The second kappa shape index (κ2) is 19.7. The van der Waals surface area contributed by atoms with E-state index in [-0.39, 0.29) is 36.3 Å². The van der Waals surface area contributed by atoms with Crippen LogP contribution >= 0.6 is 0 Å². The fourth-order valence-electron chi connectivity index (χ4n) is 16.9. The van der Waals surface area contributed by atoms with Crippen LogP contribution in [0.3, 0.4) is 0 Å². The fraction of sp³-hybridized carbons (Fsp3) is 0.636. The van der Waals surface area contributed by atoms with Gasteiger partial charge in [0.2, 0.25) is 34.3 Å². The number of benzene rings is 4. The molecule has 0 saturated carbocycles. The van der Waals surface area contributed by atoms with E-state index < -0.39 is 123 Å². The van der Waals surface area contributed by atoms with Crippen LogP contribution in [0, 0.1) is 25.7 Å². The number of hydrogen-bond acceptors (Lipinski definition) is 20. The van der Waals surface area contributed by atoms with Crippen molar-refractivity contribution in [3.05, 3.63) is 56.6 Å². The number of aliphatic hydroxyl groups excluding tert-OH is 4. The lowest BCUT2D eigenvalue weighted by atomic mass is 9.80. The highest BCUT2D eigenvalue weighted by molar-refractivity contribution is 6.76. The number of Topliss-reactive ketones (excluding diaryl/α,β-unsaturated/α-hetero) is 4. The molecule has 4 aromatic rings. The normalized spacial score (nSPS) is 30.2. The molecule has 4 bridgehead atoms. The highest BCUT2D eigenvalue weighted by Crippen LogP contribution is 2.69. The Morgan fingerprint density at radius 2 is 0.807 bits per heavy atom. The summed E-state index contributed by atoms with van der Waals surface area (Å²) < 4.78 is 78.4. The molecule has 4 aromatic carbocycles. The molecule has 8 heterocycles.